The average molecular weight is 208 g/mol. The Labute approximate surface area is 94.6 Å². The number of aliphatic hydroxyl groups excluding tert-OH is 1. The topological polar surface area (TPSA) is 20.2 Å². The average Bonchev–Trinajstić information content (AvgIpc) is 2.26. The highest BCUT2D eigenvalue weighted by Crippen LogP contribution is 2.08. The van der Waals surface area contributed by atoms with Gasteiger partial charge in [0.05, 0.1) is 0 Å². The standard InChI is InChI=1S/C14H24O/c1-2-3-4-5-6-7-8-9-10-11-12-13-14-15/h10-11,15H,2-9,14H2,1H3/b11-10+. The molecule has 0 aromatic rings. The summed E-state index contributed by atoms with van der Waals surface area (Å²) in [6.45, 7) is 2.21. The fourth-order valence-electron chi connectivity index (χ4n) is 1.47. The molecule has 0 aliphatic rings. The largest absolute Gasteiger partial charge is 0.384 e. The van der Waals surface area contributed by atoms with Crippen molar-refractivity contribution in [1.82, 2.24) is 0 Å². The first-order chi connectivity index (χ1) is 7.41. The predicted molar refractivity (Wildman–Crippen MR) is 66.6 cm³/mol. The predicted octanol–water partition coefficient (Wildman–Crippen LogP) is 3.68. The van der Waals surface area contributed by atoms with Crippen molar-refractivity contribution in [3.8, 4) is 11.8 Å². The number of hydrogen-bond acceptors (Lipinski definition) is 1. The molecule has 0 atom stereocenters. The van der Waals surface area contributed by atoms with E-state index in [1.165, 1.54) is 44.9 Å². The smallest absolute Gasteiger partial charge is 0.104 e. The van der Waals surface area contributed by atoms with Crippen LogP contribution >= 0.6 is 0 Å². The van der Waals surface area contributed by atoms with Crippen LogP contribution in [-0.4, -0.2) is 11.7 Å². The molecule has 1 N–H and O–H groups in total. The lowest BCUT2D eigenvalue weighted by molar-refractivity contribution is 0.350. The Morgan fingerprint density at radius 2 is 1.67 bits per heavy atom. The Morgan fingerprint density at radius 3 is 2.33 bits per heavy atom. The van der Waals surface area contributed by atoms with Gasteiger partial charge in [0.2, 0.25) is 0 Å². The molecule has 0 rings (SSSR count). The van der Waals surface area contributed by atoms with Crippen LogP contribution in [0.2, 0.25) is 0 Å². The molecule has 0 amide bonds. The monoisotopic (exact) mass is 208 g/mol. The van der Waals surface area contributed by atoms with Crippen LogP contribution in [0.3, 0.4) is 0 Å². The molecule has 0 aliphatic carbocycles. The Kier molecular flexibility index (Phi) is 12.6. The number of allylic oxidation sites excluding steroid dienone is 2. The van der Waals surface area contributed by atoms with Crippen molar-refractivity contribution in [1.29, 1.82) is 0 Å². The summed E-state index contributed by atoms with van der Waals surface area (Å²) in [5.74, 6) is 5.37. The molecular weight excluding hydrogens is 184 g/mol. The van der Waals surface area contributed by atoms with Crippen molar-refractivity contribution in [2.24, 2.45) is 0 Å². The summed E-state index contributed by atoms with van der Waals surface area (Å²) in [5.41, 5.74) is 0. The van der Waals surface area contributed by atoms with Crippen molar-refractivity contribution in [2.45, 2.75) is 58.3 Å². The molecule has 1 heteroatoms. The van der Waals surface area contributed by atoms with Crippen molar-refractivity contribution in [3.05, 3.63) is 12.2 Å². The first-order valence-electron chi connectivity index (χ1n) is 6.16. The first kappa shape index (κ1) is 14.3. The molecule has 0 heterocycles. The van der Waals surface area contributed by atoms with Crippen LogP contribution in [0.5, 0.6) is 0 Å². The van der Waals surface area contributed by atoms with Gasteiger partial charge in [-0.05, 0) is 18.9 Å². The molecule has 1 nitrogen and oxygen atoms in total. The Bertz CT molecular complexity index is 195. The number of aliphatic hydroxyl groups is 1. The van der Waals surface area contributed by atoms with Gasteiger partial charge in [0.15, 0.2) is 0 Å². The van der Waals surface area contributed by atoms with Gasteiger partial charge in [0.25, 0.3) is 0 Å². The molecular formula is C14H24O. The second-order valence-corrected chi connectivity index (χ2v) is 3.79. The maximum absolute atomic E-state index is 8.40. The fourth-order valence-corrected chi connectivity index (χ4v) is 1.47. The molecule has 0 bridgehead atoms. The highest BCUT2D eigenvalue weighted by molar-refractivity contribution is 5.14. The summed E-state index contributed by atoms with van der Waals surface area (Å²) < 4.78 is 0. The molecule has 0 aromatic heterocycles. The lowest BCUT2D eigenvalue weighted by atomic mass is 10.1. The minimum atomic E-state index is -0.0399. The van der Waals surface area contributed by atoms with E-state index >= 15 is 0 Å². The van der Waals surface area contributed by atoms with Gasteiger partial charge in [-0.3, -0.25) is 0 Å². The Balaban J connectivity index is 3.07. The maximum Gasteiger partial charge on any atom is 0.104 e. The Hall–Kier alpha value is -0.740. The zero-order valence-corrected chi connectivity index (χ0v) is 9.97. The number of unbranched alkanes of at least 4 members (excludes halogenated alkanes) is 7. The lowest BCUT2D eigenvalue weighted by Crippen LogP contribution is -1.78. The van der Waals surface area contributed by atoms with Gasteiger partial charge in [-0.15, -0.1) is 0 Å². The van der Waals surface area contributed by atoms with E-state index in [9.17, 15) is 0 Å². The van der Waals surface area contributed by atoms with E-state index in [1.54, 1.807) is 0 Å². The third kappa shape index (κ3) is 13.3. The van der Waals surface area contributed by atoms with Gasteiger partial charge in [-0.25, -0.2) is 0 Å². The summed E-state index contributed by atoms with van der Waals surface area (Å²) in [7, 11) is 0. The van der Waals surface area contributed by atoms with E-state index in [2.05, 4.69) is 24.8 Å². The van der Waals surface area contributed by atoms with Gasteiger partial charge < -0.3 is 5.11 Å². The first-order valence-corrected chi connectivity index (χ1v) is 6.16. The zero-order chi connectivity index (χ0) is 11.2. The van der Waals surface area contributed by atoms with E-state index in [1.807, 2.05) is 6.08 Å². The molecule has 0 spiro atoms. The number of hydrogen-bond donors (Lipinski definition) is 1. The van der Waals surface area contributed by atoms with E-state index in [4.69, 9.17) is 5.11 Å². The fraction of sp³-hybridized carbons (Fsp3) is 0.714. The highest BCUT2D eigenvalue weighted by atomic mass is 16.2. The van der Waals surface area contributed by atoms with Crippen LogP contribution in [0.4, 0.5) is 0 Å². The molecule has 86 valence electrons. The minimum absolute atomic E-state index is 0.0399. The summed E-state index contributed by atoms with van der Waals surface area (Å²) in [6.07, 6.45) is 14.5. The molecule has 0 unspecified atom stereocenters. The van der Waals surface area contributed by atoms with E-state index in [0.717, 1.165) is 6.42 Å². The molecule has 0 radical (unpaired) electrons. The second kappa shape index (κ2) is 13.3. The van der Waals surface area contributed by atoms with Crippen molar-refractivity contribution in [3.63, 3.8) is 0 Å². The normalized spacial score (nSPS) is 10.3. The SMILES string of the molecule is CCCCCCCCC/C=C/C#CCO. The summed E-state index contributed by atoms with van der Waals surface area (Å²) in [5, 5.41) is 8.40. The van der Waals surface area contributed by atoms with Crippen molar-refractivity contribution < 1.29 is 5.11 Å². The third-order valence-electron chi connectivity index (χ3n) is 2.36. The molecule has 0 saturated carbocycles. The highest BCUT2D eigenvalue weighted by Gasteiger charge is 1.88. The minimum Gasteiger partial charge on any atom is -0.384 e. The molecule has 15 heavy (non-hydrogen) atoms. The summed E-state index contributed by atoms with van der Waals surface area (Å²) >= 11 is 0. The van der Waals surface area contributed by atoms with Crippen LogP contribution in [-0.2, 0) is 0 Å². The molecule has 0 saturated heterocycles. The molecule has 0 aromatic carbocycles. The zero-order valence-electron chi connectivity index (χ0n) is 9.97. The molecule has 0 fully saturated rings. The van der Waals surface area contributed by atoms with Crippen LogP contribution in [0.15, 0.2) is 12.2 Å². The second-order valence-electron chi connectivity index (χ2n) is 3.79. The molecule has 0 aliphatic heterocycles. The lowest BCUT2D eigenvalue weighted by Gasteiger charge is -1.98. The van der Waals surface area contributed by atoms with Gasteiger partial charge in [0, 0.05) is 0 Å². The quantitative estimate of drug-likeness (QED) is 0.476. The number of rotatable bonds is 8. The van der Waals surface area contributed by atoms with Gasteiger partial charge in [-0.2, -0.15) is 0 Å². The van der Waals surface area contributed by atoms with Crippen LogP contribution in [0, 0.1) is 11.8 Å². The van der Waals surface area contributed by atoms with Gasteiger partial charge in [0.1, 0.15) is 6.61 Å². The van der Waals surface area contributed by atoms with Crippen molar-refractivity contribution in [2.75, 3.05) is 6.61 Å². The van der Waals surface area contributed by atoms with Crippen LogP contribution in [0.25, 0.3) is 0 Å². The van der Waals surface area contributed by atoms with Crippen LogP contribution < -0.4 is 0 Å². The van der Waals surface area contributed by atoms with Gasteiger partial charge in [-0.1, -0.05) is 63.4 Å². The van der Waals surface area contributed by atoms with Crippen molar-refractivity contribution >= 4 is 0 Å². The van der Waals surface area contributed by atoms with Gasteiger partial charge >= 0.3 is 0 Å². The van der Waals surface area contributed by atoms with E-state index in [-0.39, 0.29) is 6.61 Å². The Morgan fingerprint density at radius 1 is 1.00 bits per heavy atom. The maximum atomic E-state index is 8.40. The van der Waals surface area contributed by atoms with E-state index < -0.39 is 0 Å². The summed E-state index contributed by atoms with van der Waals surface area (Å²) in [6, 6.07) is 0. The summed E-state index contributed by atoms with van der Waals surface area (Å²) in [4.78, 5) is 0. The third-order valence-corrected chi connectivity index (χ3v) is 2.36. The van der Waals surface area contributed by atoms with Crippen LogP contribution in [0.1, 0.15) is 58.3 Å². The van der Waals surface area contributed by atoms with E-state index in [0.29, 0.717) is 0 Å².